The summed E-state index contributed by atoms with van der Waals surface area (Å²) in [6.45, 7) is 1.14. The van der Waals surface area contributed by atoms with E-state index in [1.807, 2.05) is 0 Å². The average molecular weight is 510 g/mol. The van der Waals surface area contributed by atoms with Gasteiger partial charge < -0.3 is 10.6 Å². The van der Waals surface area contributed by atoms with Crippen molar-refractivity contribution in [2.75, 3.05) is 6.54 Å². The zero-order valence-corrected chi connectivity index (χ0v) is 18.5. The smallest absolute Gasteiger partial charge is 0.349 e. The van der Waals surface area contributed by atoms with Crippen molar-refractivity contribution >= 4 is 29.4 Å². The lowest BCUT2D eigenvalue weighted by Crippen LogP contribution is -2.52. The molecule has 1 aromatic heterocycles. The molecule has 1 saturated heterocycles. The van der Waals surface area contributed by atoms with E-state index in [0.29, 0.717) is 29.5 Å². The highest BCUT2D eigenvalue weighted by Crippen LogP contribution is 2.34. The molecule has 2 aromatic carbocycles. The van der Waals surface area contributed by atoms with Gasteiger partial charge in [0.25, 0.3) is 11.8 Å². The number of hydrogen-bond donors (Lipinski definition) is 3. The molecule has 4 amide bonds. The molecule has 1 aliphatic rings. The molecule has 0 radical (unpaired) electrons. The van der Waals surface area contributed by atoms with Gasteiger partial charge >= 0.3 is 12.2 Å². The Morgan fingerprint density at radius 1 is 1.11 bits per heavy atom. The number of carbonyl (C=O) groups is 3. The van der Waals surface area contributed by atoms with Crippen LogP contribution in [0.5, 0.6) is 0 Å². The van der Waals surface area contributed by atoms with Gasteiger partial charge in [0.15, 0.2) is 17.2 Å². The minimum Gasteiger partial charge on any atom is -0.349 e. The van der Waals surface area contributed by atoms with Crippen molar-refractivity contribution < 1.29 is 36.3 Å². The zero-order valence-electron chi connectivity index (χ0n) is 17.7. The summed E-state index contributed by atoms with van der Waals surface area (Å²) in [6.07, 6.45) is -4.64. The number of imide groups is 1. The summed E-state index contributed by atoms with van der Waals surface area (Å²) in [5.74, 6) is -4.44. The summed E-state index contributed by atoms with van der Waals surface area (Å²) in [5.41, 5.74) is -3.05. The first-order chi connectivity index (χ1) is 16.4. The molecular weight excluding hydrogens is 495 g/mol. The van der Waals surface area contributed by atoms with Gasteiger partial charge in [-0.25, -0.2) is 13.6 Å². The maximum absolute atomic E-state index is 14.7. The Balaban J connectivity index is 1.69. The predicted octanol–water partition coefficient (Wildman–Crippen LogP) is 3.88. The molecule has 4 rings (SSSR count). The number of urea groups is 1. The van der Waals surface area contributed by atoms with E-state index in [9.17, 15) is 36.3 Å². The Kier molecular flexibility index (Phi) is 6.05. The Morgan fingerprint density at radius 3 is 2.34 bits per heavy atom. The van der Waals surface area contributed by atoms with Crippen molar-refractivity contribution in [3.8, 4) is 11.1 Å². The van der Waals surface area contributed by atoms with Crippen LogP contribution in [0.25, 0.3) is 11.1 Å². The first kappa shape index (κ1) is 24.3. The SMILES string of the molecule is Cc1nscc1[C@]1(CNC(=O)c2ccc(F)c(F)c2-c2ccc(C(F)(F)F)cc2)NC(=O)NC1=O. The van der Waals surface area contributed by atoms with Gasteiger partial charge in [-0.15, -0.1) is 0 Å². The van der Waals surface area contributed by atoms with Crippen molar-refractivity contribution in [1.29, 1.82) is 0 Å². The van der Waals surface area contributed by atoms with Crippen LogP contribution in [0.3, 0.4) is 0 Å². The van der Waals surface area contributed by atoms with Gasteiger partial charge in [-0.05, 0) is 48.3 Å². The van der Waals surface area contributed by atoms with Gasteiger partial charge in [0.05, 0.1) is 23.4 Å². The third-order valence-corrected chi connectivity index (χ3v) is 6.23. The molecule has 7 nitrogen and oxygen atoms in total. The number of hydrogen-bond acceptors (Lipinski definition) is 5. The summed E-state index contributed by atoms with van der Waals surface area (Å²) in [6, 6.07) is 4.08. The molecule has 2 heterocycles. The quantitative estimate of drug-likeness (QED) is 0.358. The van der Waals surface area contributed by atoms with Crippen molar-refractivity contribution in [2.45, 2.75) is 18.6 Å². The van der Waals surface area contributed by atoms with E-state index in [1.54, 1.807) is 6.92 Å². The molecule has 0 saturated carbocycles. The van der Waals surface area contributed by atoms with Crippen LogP contribution in [-0.4, -0.2) is 28.8 Å². The highest BCUT2D eigenvalue weighted by Gasteiger charge is 2.49. The topological polar surface area (TPSA) is 100 Å². The number of nitrogens with one attached hydrogen (secondary N) is 3. The summed E-state index contributed by atoms with van der Waals surface area (Å²) < 4.78 is 71.5. The first-order valence-electron chi connectivity index (χ1n) is 9.93. The number of amides is 4. The number of rotatable bonds is 5. The molecule has 182 valence electrons. The minimum atomic E-state index is -4.64. The fourth-order valence-electron chi connectivity index (χ4n) is 3.76. The lowest BCUT2D eigenvalue weighted by Gasteiger charge is -2.26. The molecule has 0 spiro atoms. The predicted molar refractivity (Wildman–Crippen MR) is 114 cm³/mol. The number of halogens is 5. The third kappa shape index (κ3) is 4.34. The van der Waals surface area contributed by atoms with Crippen LogP contribution in [-0.2, 0) is 16.5 Å². The third-order valence-electron chi connectivity index (χ3n) is 5.51. The van der Waals surface area contributed by atoms with Crippen LogP contribution in [0.1, 0.15) is 27.2 Å². The molecule has 1 aliphatic heterocycles. The van der Waals surface area contributed by atoms with E-state index in [4.69, 9.17) is 0 Å². The lowest BCUT2D eigenvalue weighted by molar-refractivity contribution is -0.137. The van der Waals surface area contributed by atoms with Crippen LogP contribution in [0, 0.1) is 18.6 Å². The number of benzene rings is 2. The average Bonchev–Trinajstić information content (AvgIpc) is 3.35. The van der Waals surface area contributed by atoms with Crippen LogP contribution in [0.4, 0.5) is 26.7 Å². The fourth-order valence-corrected chi connectivity index (χ4v) is 4.55. The summed E-state index contributed by atoms with van der Waals surface area (Å²) in [4.78, 5) is 37.5. The molecule has 0 bridgehead atoms. The van der Waals surface area contributed by atoms with Gasteiger partial charge in [-0.3, -0.25) is 14.9 Å². The Morgan fingerprint density at radius 2 is 1.80 bits per heavy atom. The van der Waals surface area contributed by atoms with E-state index in [1.165, 1.54) is 5.38 Å². The highest BCUT2D eigenvalue weighted by molar-refractivity contribution is 7.03. The second-order valence-electron chi connectivity index (χ2n) is 7.67. The largest absolute Gasteiger partial charge is 0.416 e. The molecule has 0 unspecified atom stereocenters. The molecule has 3 N–H and O–H groups in total. The van der Waals surface area contributed by atoms with E-state index in [2.05, 4.69) is 20.3 Å². The number of alkyl halides is 3. The zero-order chi connectivity index (χ0) is 25.5. The normalized spacial score (nSPS) is 17.8. The van der Waals surface area contributed by atoms with Crippen LogP contribution in [0.2, 0.25) is 0 Å². The summed E-state index contributed by atoms with van der Waals surface area (Å²) in [7, 11) is 0. The van der Waals surface area contributed by atoms with Gasteiger partial charge in [-0.1, -0.05) is 12.1 Å². The van der Waals surface area contributed by atoms with Crippen LogP contribution >= 0.6 is 11.5 Å². The van der Waals surface area contributed by atoms with Crippen molar-refractivity contribution in [3.63, 3.8) is 0 Å². The Hall–Kier alpha value is -3.87. The second kappa shape index (κ2) is 8.73. The Bertz CT molecular complexity index is 1340. The van der Waals surface area contributed by atoms with Crippen molar-refractivity contribution in [2.24, 2.45) is 0 Å². The van der Waals surface area contributed by atoms with E-state index in [-0.39, 0.29) is 11.1 Å². The molecule has 1 fully saturated rings. The number of aromatic nitrogens is 1. The standard InChI is InChI=1S/C22H15F5N4O3S/c1-10-14(8-35-31-10)21(19(33)29-20(34)30-21)9-28-18(32)13-6-7-15(23)17(24)16(13)11-2-4-12(5-3-11)22(25,26)27/h2-8H,9H2,1H3,(H,28,32)(H2,29,30,33,34)/t21-/m0/s1. The van der Waals surface area contributed by atoms with Gasteiger partial charge in [-0.2, -0.15) is 17.5 Å². The lowest BCUT2D eigenvalue weighted by atomic mass is 9.90. The monoisotopic (exact) mass is 510 g/mol. The van der Waals surface area contributed by atoms with Crippen molar-refractivity contribution in [3.05, 3.63) is 75.8 Å². The summed E-state index contributed by atoms with van der Waals surface area (Å²) >= 11 is 1.03. The van der Waals surface area contributed by atoms with Gasteiger partial charge in [0.2, 0.25) is 0 Å². The molecule has 35 heavy (non-hydrogen) atoms. The Labute approximate surface area is 198 Å². The molecule has 3 aromatic rings. The number of aryl methyl sites for hydroxylation is 1. The minimum absolute atomic E-state index is 0.167. The van der Waals surface area contributed by atoms with E-state index < -0.39 is 58.9 Å². The van der Waals surface area contributed by atoms with E-state index in [0.717, 1.165) is 29.7 Å². The number of nitrogens with zero attached hydrogens (tertiary/aromatic N) is 1. The van der Waals surface area contributed by atoms with E-state index >= 15 is 0 Å². The van der Waals surface area contributed by atoms with Crippen molar-refractivity contribution in [1.82, 2.24) is 20.3 Å². The number of carbonyl (C=O) groups excluding carboxylic acids is 3. The second-order valence-corrected chi connectivity index (χ2v) is 8.30. The fraction of sp³-hybridized carbons (Fsp3) is 0.182. The van der Waals surface area contributed by atoms with Gasteiger partial charge in [0, 0.05) is 16.5 Å². The molecular formula is C22H15F5N4O3S. The highest BCUT2D eigenvalue weighted by atomic mass is 32.1. The van der Waals surface area contributed by atoms with Crippen LogP contribution < -0.4 is 16.0 Å². The maximum atomic E-state index is 14.7. The first-order valence-corrected chi connectivity index (χ1v) is 10.8. The maximum Gasteiger partial charge on any atom is 0.416 e. The molecule has 1 atom stereocenters. The summed E-state index contributed by atoms with van der Waals surface area (Å²) in [5, 5.41) is 8.52. The van der Waals surface area contributed by atoms with Crippen LogP contribution in [0.15, 0.2) is 41.8 Å². The molecule has 13 heteroatoms. The van der Waals surface area contributed by atoms with Gasteiger partial charge in [0.1, 0.15) is 0 Å². The molecule has 0 aliphatic carbocycles.